The van der Waals surface area contributed by atoms with E-state index in [9.17, 15) is 0 Å². The standard InChI is InChI=1S/C11H17OS/c1-4-13(5-2)11-8-6-10(12-3)7-9-11/h6-9H,4-5H2,1-3H3/q+1. The highest BCUT2D eigenvalue weighted by molar-refractivity contribution is 7.96. The van der Waals surface area contributed by atoms with Crippen molar-refractivity contribution in [1.29, 1.82) is 0 Å². The summed E-state index contributed by atoms with van der Waals surface area (Å²) in [6.45, 7) is 4.49. The minimum Gasteiger partial charge on any atom is -0.497 e. The van der Waals surface area contributed by atoms with Crippen molar-refractivity contribution in [3.63, 3.8) is 0 Å². The molecule has 0 radical (unpaired) electrons. The van der Waals surface area contributed by atoms with Crippen LogP contribution in [0, 0.1) is 0 Å². The Hall–Kier alpha value is -0.630. The van der Waals surface area contributed by atoms with Crippen molar-refractivity contribution in [2.75, 3.05) is 18.6 Å². The summed E-state index contributed by atoms with van der Waals surface area (Å²) in [5.41, 5.74) is 0. The van der Waals surface area contributed by atoms with Crippen LogP contribution >= 0.6 is 0 Å². The molecule has 0 aromatic heterocycles. The highest BCUT2D eigenvalue weighted by Gasteiger charge is 2.15. The van der Waals surface area contributed by atoms with E-state index in [1.807, 2.05) is 12.1 Å². The van der Waals surface area contributed by atoms with Crippen molar-refractivity contribution in [3.8, 4) is 5.75 Å². The van der Waals surface area contributed by atoms with Crippen LogP contribution in [0.2, 0.25) is 0 Å². The van der Waals surface area contributed by atoms with Crippen LogP contribution in [0.3, 0.4) is 0 Å². The third kappa shape index (κ3) is 2.66. The molecule has 0 N–H and O–H groups in total. The second kappa shape index (κ2) is 5.18. The zero-order valence-electron chi connectivity index (χ0n) is 8.54. The summed E-state index contributed by atoms with van der Waals surface area (Å²) in [4.78, 5) is 1.45. The molecule has 0 saturated heterocycles. The summed E-state index contributed by atoms with van der Waals surface area (Å²) in [5.74, 6) is 3.42. The smallest absolute Gasteiger partial charge is 0.155 e. The largest absolute Gasteiger partial charge is 0.497 e. The van der Waals surface area contributed by atoms with Gasteiger partial charge in [0.2, 0.25) is 0 Å². The number of methoxy groups -OCH3 is 1. The Morgan fingerprint density at radius 2 is 1.62 bits per heavy atom. The highest BCUT2D eigenvalue weighted by Crippen LogP contribution is 2.18. The first-order chi connectivity index (χ1) is 6.31. The highest BCUT2D eigenvalue weighted by atomic mass is 32.2. The predicted molar refractivity (Wildman–Crippen MR) is 59.7 cm³/mol. The Balaban J connectivity index is 2.78. The molecule has 1 rings (SSSR count). The molecule has 1 nitrogen and oxygen atoms in total. The minimum absolute atomic E-state index is 0.432. The van der Waals surface area contributed by atoms with Gasteiger partial charge in [0, 0.05) is 10.9 Å². The van der Waals surface area contributed by atoms with Crippen molar-refractivity contribution in [2.45, 2.75) is 18.7 Å². The van der Waals surface area contributed by atoms with E-state index in [4.69, 9.17) is 4.74 Å². The summed E-state index contributed by atoms with van der Waals surface area (Å²) >= 11 is 0. The molecular formula is C11H17OS+. The maximum atomic E-state index is 5.12. The SMILES string of the molecule is CC[S+](CC)c1ccc(OC)cc1. The van der Waals surface area contributed by atoms with E-state index in [0.717, 1.165) is 5.75 Å². The number of benzene rings is 1. The lowest BCUT2D eigenvalue weighted by Crippen LogP contribution is -2.07. The Morgan fingerprint density at radius 3 is 2.00 bits per heavy atom. The van der Waals surface area contributed by atoms with Gasteiger partial charge in [-0.2, -0.15) is 0 Å². The van der Waals surface area contributed by atoms with Crippen LogP contribution in [-0.4, -0.2) is 18.6 Å². The molecule has 1 aromatic carbocycles. The van der Waals surface area contributed by atoms with Gasteiger partial charge in [0.1, 0.15) is 17.3 Å². The van der Waals surface area contributed by atoms with Crippen LogP contribution in [0.1, 0.15) is 13.8 Å². The van der Waals surface area contributed by atoms with E-state index in [1.165, 1.54) is 16.4 Å². The van der Waals surface area contributed by atoms with Gasteiger partial charge in [0.05, 0.1) is 7.11 Å². The fourth-order valence-corrected chi connectivity index (χ4v) is 2.90. The molecule has 0 heterocycles. The van der Waals surface area contributed by atoms with E-state index in [2.05, 4.69) is 26.0 Å². The first-order valence-electron chi connectivity index (χ1n) is 4.63. The fourth-order valence-electron chi connectivity index (χ4n) is 1.31. The molecule has 0 amide bonds. The van der Waals surface area contributed by atoms with Crippen LogP contribution in [0.4, 0.5) is 0 Å². The van der Waals surface area contributed by atoms with Crippen molar-refractivity contribution in [1.82, 2.24) is 0 Å². The molecule has 2 heteroatoms. The lowest BCUT2D eigenvalue weighted by atomic mass is 10.3. The molecule has 0 aliphatic rings. The summed E-state index contributed by atoms with van der Waals surface area (Å²) in [6, 6.07) is 8.44. The second-order valence-corrected chi connectivity index (χ2v) is 5.36. The number of hydrogen-bond acceptors (Lipinski definition) is 1. The van der Waals surface area contributed by atoms with Crippen molar-refractivity contribution < 1.29 is 4.74 Å². The quantitative estimate of drug-likeness (QED) is 0.674. The zero-order valence-corrected chi connectivity index (χ0v) is 9.36. The van der Waals surface area contributed by atoms with Gasteiger partial charge in [-0.25, -0.2) is 0 Å². The van der Waals surface area contributed by atoms with Gasteiger partial charge < -0.3 is 4.74 Å². The van der Waals surface area contributed by atoms with Gasteiger partial charge in [-0.3, -0.25) is 0 Å². The molecule has 0 saturated carbocycles. The molecule has 0 unspecified atom stereocenters. The maximum Gasteiger partial charge on any atom is 0.155 e. The molecule has 0 aliphatic heterocycles. The van der Waals surface area contributed by atoms with E-state index < -0.39 is 0 Å². The maximum absolute atomic E-state index is 5.12. The zero-order chi connectivity index (χ0) is 9.68. The Bertz CT molecular complexity index is 239. The van der Waals surface area contributed by atoms with Gasteiger partial charge in [-0.15, -0.1) is 0 Å². The van der Waals surface area contributed by atoms with Gasteiger partial charge in [-0.1, -0.05) is 0 Å². The molecule has 0 aliphatic carbocycles. The van der Waals surface area contributed by atoms with Crippen molar-refractivity contribution in [3.05, 3.63) is 24.3 Å². The number of rotatable bonds is 4. The van der Waals surface area contributed by atoms with Crippen LogP contribution in [0.5, 0.6) is 5.75 Å². The van der Waals surface area contributed by atoms with Crippen LogP contribution in [0.15, 0.2) is 29.2 Å². The molecule has 72 valence electrons. The van der Waals surface area contributed by atoms with Crippen molar-refractivity contribution in [2.24, 2.45) is 0 Å². The topological polar surface area (TPSA) is 9.23 Å². The molecule has 0 spiro atoms. The van der Waals surface area contributed by atoms with Gasteiger partial charge in [-0.05, 0) is 38.1 Å². The molecule has 0 bridgehead atoms. The monoisotopic (exact) mass is 197 g/mol. The van der Waals surface area contributed by atoms with Gasteiger partial charge >= 0.3 is 0 Å². The Labute approximate surface area is 83.5 Å². The molecular weight excluding hydrogens is 180 g/mol. The second-order valence-electron chi connectivity index (χ2n) is 2.75. The first kappa shape index (κ1) is 10.5. The van der Waals surface area contributed by atoms with Crippen LogP contribution in [-0.2, 0) is 10.9 Å². The Kier molecular flexibility index (Phi) is 4.16. The summed E-state index contributed by atoms with van der Waals surface area (Å²) < 4.78 is 5.12. The minimum atomic E-state index is 0.432. The van der Waals surface area contributed by atoms with Crippen LogP contribution < -0.4 is 4.74 Å². The van der Waals surface area contributed by atoms with Gasteiger partial charge in [0.25, 0.3) is 0 Å². The van der Waals surface area contributed by atoms with E-state index in [-0.39, 0.29) is 0 Å². The lowest BCUT2D eigenvalue weighted by molar-refractivity contribution is 0.414. The van der Waals surface area contributed by atoms with Crippen molar-refractivity contribution >= 4 is 10.9 Å². The van der Waals surface area contributed by atoms with E-state index >= 15 is 0 Å². The lowest BCUT2D eigenvalue weighted by Gasteiger charge is -2.04. The first-order valence-corrected chi connectivity index (χ1v) is 6.19. The normalized spacial score (nSPS) is 10.5. The summed E-state index contributed by atoms with van der Waals surface area (Å²) in [5, 5.41) is 0. The summed E-state index contributed by atoms with van der Waals surface area (Å²) in [7, 11) is 2.14. The summed E-state index contributed by atoms with van der Waals surface area (Å²) in [6.07, 6.45) is 0. The average Bonchev–Trinajstić information content (AvgIpc) is 2.21. The van der Waals surface area contributed by atoms with E-state index in [0.29, 0.717) is 10.9 Å². The third-order valence-electron chi connectivity index (χ3n) is 2.09. The predicted octanol–water partition coefficient (Wildman–Crippen LogP) is 2.71. The average molecular weight is 197 g/mol. The third-order valence-corrected chi connectivity index (χ3v) is 4.42. The Morgan fingerprint density at radius 1 is 1.08 bits per heavy atom. The number of hydrogen-bond donors (Lipinski definition) is 0. The van der Waals surface area contributed by atoms with Crippen LogP contribution in [0.25, 0.3) is 0 Å². The molecule has 0 atom stereocenters. The number of ether oxygens (including phenoxy) is 1. The van der Waals surface area contributed by atoms with Gasteiger partial charge in [0.15, 0.2) is 4.90 Å². The fraction of sp³-hybridized carbons (Fsp3) is 0.455. The molecule has 1 aromatic rings. The van der Waals surface area contributed by atoms with E-state index in [1.54, 1.807) is 7.11 Å². The molecule has 13 heavy (non-hydrogen) atoms. The molecule has 0 fully saturated rings.